The summed E-state index contributed by atoms with van der Waals surface area (Å²) in [4.78, 5) is 13.1. The van der Waals surface area contributed by atoms with E-state index in [0.29, 0.717) is 12.8 Å². The number of amides is 1. The monoisotopic (exact) mass is 424 g/mol. The van der Waals surface area contributed by atoms with Crippen molar-refractivity contribution in [2.75, 3.05) is 0 Å². The maximum absolute atomic E-state index is 14.2. The number of aliphatic hydroxyl groups is 1. The van der Waals surface area contributed by atoms with Gasteiger partial charge in [-0.15, -0.1) is 0 Å². The third kappa shape index (κ3) is 3.77. The third-order valence-corrected chi connectivity index (χ3v) is 6.54. The Morgan fingerprint density at radius 1 is 1.10 bits per heavy atom. The van der Waals surface area contributed by atoms with Gasteiger partial charge in [0.1, 0.15) is 0 Å². The van der Waals surface area contributed by atoms with Crippen LogP contribution in [-0.2, 0) is 5.41 Å². The number of rotatable bonds is 1. The van der Waals surface area contributed by atoms with Crippen LogP contribution in [0.3, 0.4) is 0 Å². The summed E-state index contributed by atoms with van der Waals surface area (Å²) < 4.78 is 42.5. The molecule has 0 radical (unpaired) electrons. The van der Waals surface area contributed by atoms with Crippen molar-refractivity contribution in [3.05, 3.63) is 35.4 Å². The molecule has 1 fully saturated rings. The van der Waals surface area contributed by atoms with Crippen LogP contribution in [0.4, 0.5) is 13.2 Å². The molecule has 3 rings (SSSR count). The van der Waals surface area contributed by atoms with Crippen molar-refractivity contribution in [1.29, 1.82) is 0 Å². The van der Waals surface area contributed by atoms with Crippen LogP contribution in [-0.4, -0.2) is 33.6 Å². The quantitative estimate of drug-likeness (QED) is 0.646. The molecule has 1 aliphatic carbocycles. The van der Waals surface area contributed by atoms with Gasteiger partial charge in [-0.3, -0.25) is 4.79 Å². The van der Waals surface area contributed by atoms with Gasteiger partial charge in [0, 0.05) is 11.3 Å². The predicted octanol–water partition coefficient (Wildman–Crippen LogP) is 5.51. The Bertz CT molecular complexity index is 847. The SMILES string of the molecule is CC(C)(C)c1ccc(C(=O)N2N=C3CC[C@H](C(C)(C)C)C[C@@H]3[C@@]2(O)C(F)(F)F)cc1. The summed E-state index contributed by atoms with van der Waals surface area (Å²) in [5.74, 6) is -2.19. The molecule has 0 aromatic heterocycles. The number of carbonyl (C=O) groups excluding carboxylic acids is 1. The molecule has 1 N–H and O–H groups in total. The Hall–Kier alpha value is -1.89. The second-order valence-corrected chi connectivity index (χ2v) is 10.6. The number of carbonyl (C=O) groups is 1. The van der Waals surface area contributed by atoms with E-state index in [0.717, 1.165) is 5.56 Å². The van der Waals surface area contributed by atoms with Crippen molar-refractivity contribution in [3.63, 3.8) is 0 Å². The first-order chi connectivity index (χ1) is 13.6. The zero-order valence-electron chi connectivity index (χ0n) is 18.5. The Labute approximate surface area is 176 Å². The maximum atomic E-state index is 14.2. The van der Waals surface area contributed by atoms with Gasteiger partial charge < -0.3 is 5.11 Å². The van der Waals surface area contributed by atoms with Crippen LogP contribution in [0.15, 0.2) is 29.4 Å². The van der Waals surface area contributed by atoms with Crippen molar-refractivity contribution < 1.29 is 23.1 Å². The number of nitrogens with zero attached hydrogens (tertiary/aromatic N) is 2. The summed E-state index contributed by atoms with van der Waals surface area (Å²) in [6.07, 6.45) is -3.85. The van der Waals surface area contributed by atoms with Crippen LogP contribution < -0.4 is 0 Å². The number of halogens is 3. The molecule has 4 nitrogen and oxygen atoms in total. The smallest absolute Gasteiger partial charge is 0.362 e. The minimum Gasteiger partial charge on any atom is -0.362 e. The molecule has 0 bridgehead atoms. The average molecular weight is 425 g/mol. The van der Waals surface area contributed by atoms with Gasteiger partial charge in [-0.05, 0) is 53.7 Å². The van der Waals surface area contributed by atoms with Gasteiger partial charge in [0.2, 0.25) is 0 Å². The fourth-order valence-electron chi connectivity index (χ4n) is 4.44. The van der Waals surface area contributed by atoms with Gasteiger partial charge in [-0.2, -0.15) is 23.3 Å². The van der Waals surface area contributed by atoms with Crippen LogP contribution in [0.2, 0.25) is 0 Å². The average Bonchev–Trinajstić information content (AvgIpc) is 2.93. The van der Waals surface area contributed by atoms with Crippen molar-refractivity contribution >= 4 is 11.6 Å². The van der Waals surface area contributed by atoms with E-state index in [4.69, 9.17) is 0 Å². The maximum Gasteiger partial charge on any atom is 0.439 e. The molecule has 30 heavy (non-hydrogen) atoms. The summed E-state index contributed by atoms with van der Waals surface area (Å²) in [5.41, 5.74) is -2.39. The molecule has 3 atom stereocenters. The number of hydrazone groups is 1. The summed E-state index contributed by atoms with van der Waals surface area (Å²) >= 11 is 0. The highest BCUT2D eigenvalue weighted by atomic mass is 19.4. The summed E-state index contributed by atoms with van der Waals surface area (Å²) in [6, 6.07) is 6.46. The lowest BCUT2D eigenvalue weighted by Gasteiger charge is -2.42. The standard InChI is InChI=1S/C23H31F3N2O2/c1-20(2,3)15-9-7-14(8-10-15)19(29)28-22(30,23(24,25)26)17-13-16(21(4,5)6)11-12-18(17)27-28/h7-10,16-17,30H,11-13H2,1-6H3/t16-,17-,22+/m0/s1. The largest absolute Gasteiger partial charge is 0.439 e. The van der Waals surface area contributed by atoms with Crippen LogP contribution in [0, 0.1) is 17.3 Å². The number of hydrogen-bond acceptors (Lipinski definition) is 3. The fourth-order valence-corrected chi connectivity index (χ4v) is 4.44. The van der Waals surface area contributed by atoms with E-state index in [1.807, 2.05) is 41.5 Å². The first-order valence-electron chi connectivity index (χ1n) is 10.4. The lowest BCUT2D eigenvalue weighted by molar-refractivity contribution is -0.314. The predicted molar refractivity (Wildman–Crippen MR) is 110 cm³/mol. The van der Waals surface area contributed by atoms with E-state index in [2.05, 4.69) is 5.10 Å². The van der Waals surface area contributed by atoms with Crippen LogP contribution in [0.5, 0.6) is 0 Å². The summed E-state index contributed by atoms with van der Waals surface area (Å²) in [5, 5.41) is 15.3. The number of hydrogen-bond donors (Lipinski definition) is 1. The van der Waals surface area contributed by atoms with E-state index < -0.39 is 23.7 Å². The molecular weight excluding hydrogens is 393 g/mol. The van der Waals surface area contributed by atoms with Gasteiger partial charge in [-0.25, -0.2) is 0 Å². The second-order valence-electron chi connectivity index (χ2n) is 10.6. The molecule has 2 aliphatic rings. The molecular formula is C23H31F3N2O2. The van der Waals surface area contributed by atoms with Crippen molar-refractivity contribution in [1.82, 2.24) is 5.01 Å². The highest BCUT2D eigenvalue weighted by Gasteiger charge is 2.69. The van der Waals surface area contributed by atoms with Gasteiger partial charge in [0.05, 0.1) is 5.92 Å². The summed E-state index contributed by atoms with van der Waals surface area (Å²) in [6.45, 7) is 12.0. The van der Waals surface area contributed by atoms with E-state index >= 15 is 0 Å². The molecule has 166 valence electrons. The molecule has 1 aromatic rings. The molecule has 0 saturated heterocycles. The number of fused-ring (bicyclic) bond motifs is 1. The van der Waals surface area contributed by atoms with Gasteiger partial charge in [-0.1, -0.05) is 53.7 Å². The minimum absolute atomic E-state index is 0.00329. The van der Waals surface area contributed by atoms with Gasteiger partial charge in [0.15, 0.2) is 0 Å². The molecule has 0 unspecified atom stereocenters. The zero-order chi connectivity index (χ0) is 22.7. The highest BCUT2D eigenvalue weighted by molar-refractivity contribution is 5.99. The van der Waals surface area contributed by atoms with Gasteiger partial charge >= 0.3 is 6.18 Å². The normalized spacial score (nSPS) is 27.7. The Morgan fingerprint density at radius 3 is 2.13 bits per heavy atom. The molecule has 0 spiro atoms. The fraction of sp³-hybridized carbons (Fsp3) is 0.652. The van der Waals surface area contributed by atoms with Crippen molar-refractivity contribution in [3.8, 4) is 0 Å². The Kier molecular flexibility index (Phi) is 5.37. The van der Waals surface area contributed by atoms with Crippen LogP contribution >= 0.6 is 0 Å². The van der Waals surface area contributed by atoms with E-state index in [-0.39, 0.29) is 39.5 Å². The van der Waals surface area contributed by atoms with E-state index in [1.165, 1.54) is 12.1 Å². The van der Waals surface area contributed by atoms with Crippen LogP contribution in [0.1, 0.15) is 76.7 Å². The molecule has 1 aromatic carbocycles. The molecule has 1 amide bonds. The van der Waals surface area contributed by atoms with E-state index in [9.17, 15) is 23.1 Å². The minimum atomic E-state index is -5.02. The number of benzene rings is 1. The first kappa shape index (κ1) is 22.8. The molecule has 1 aliphatic heterocycles. The topological polar surface area (TPSA) is 52.9 Å². The Balaban J connectivity index is 1.98. The third-order valence-electron chi connectivity index (χ3n) is 6.54. The lowest BCUT2D eigenvalue weighted by Crippen LogP contribution is -2.62. The van der Waals surface area contributed by atoms with Crippen LogP contribution in [0.25, 0.3) is 0 Å². The lowest BCUT2D eigenvalue weighted by atomic mass is 9.66. The molecule has 7 heteroatoms. The highest BCUT2D eigenvalue weighted by Crippen LogP contribution is 2.52. The van der Waals surface area contributed by atoms with Crippen molar-refractivity contribution in [2.24, 2.45) is 22.4 Å². The molecule has 1 heterocycles. The summed E-state index contributed by atoms with van der Waals surface area (Å²) in [7, 11) is 0. The molecule has 1 saturated carbocycles. The van der Waals surface area contributed by atoms with Gasteiger partial charge in [0.25, 0.3) is 11.6 Å². The zero-order valence-corrected chi connectivity index (χ0v) is 18.5. The second kappa shape index (κ2) is 7.08. The van der Waals surface area contributed by atoms with Crippen molar-refractivity contribution in [2.45, 2.75) is 78.1 Å². The first-order valence-corrected chi connectivity index (χ1v) is 10.4. The number of alkyl halides is 3. The van der Waals surface area contributed by atoms with E-state index in [1.54, 1.807) is 12.1 Å². The Morgan fingerprint density at radius 2 is 1.67 bits per heavy atom.